The number of anilines is 1. The molecular weight excluding hydrogens is 376 g/mol. The van der Waals surface area contributed by atoms with Crippen LogP contribution in [-0.2, 0) is 4.79 Å². The van der Waals surface area contributed by atoms with Crippen LogP contribution in [0, 0.1) is 0 Å². The first kappa shape index (κ1) is 21.9. The van der Waals surface area contributed by atoms with Gasteiger partial charge in [0.1, 0.15) is 5.75 Å². The van der Waals surface area contributed by atoms with Crippen LogP contribution in [0.2, 0.25) is 0 Å². The van der Waals surface area contributed by atoms with E-state index in [4.69, 9.17) is 4.74 Å². The number of hydrogen-bond acceptors (Lipinski definition) is 3. The standard InChI is InChI=1S/C25H32N2O3/c1-17(2)19-13-15-21(16-14-19)30-18(3)24(28)27-23-12-8-7-11-22(23)25(29)26-20-9-5-4-6-10-20/h7-8,11-18,20H,4-6,9-10H2,1-3H3,(H,26,29)(H,27,28). The van der Waals surface area contributed by atoms with E-state index in [0.29, 0.717) is 22.9 Å². The van der Waals surface area contributed by atoms with Gasteiger partial charge in [0.25, 0.3) is 11.8 Å². The smallest absolute Gasteiger partial charge is 0.265 e. The molecule has 160 valence electrons. The Hall–Kier alpha value is -2.82. The van der Waals surface area contributed by atoms with Gasteiger partial charge in [0.05, 0.1) is 11.3 Å². The first-order chi connectivity index (χ1) is 14.4. The predicted molar refractivity (Wildman–Crippen MR) is 120 cm³/mol. The zero-order valence-electron chi connectivity index (χ0n) is 18.1. The molecule has 1 fully saturated rings. The van der Waals surface area contributed by atoms with Crippen molar-refractivity contribution in [1.29, 1.82) is 0 Å². The summed E-state index contributed by atoms with van der Waals surface area (Å²) < 4.78 is 5.79. The van der Waals surface area contributed by atoms with E-state index in [1.807, 2.05) is 36.4 Å². The molecule has 3 rings (SSSR count). The van der Waals surface area contributed by atoms with Crippen LogP contribution < -0.4 is 15.4 Å². The van der Waals surface area contributed by atoms with Gasteiger partial charge in [-0.05, 0) is 55.5 Å². The summed E-state index contributed by atoms with van der Waals surface area (Å²) in [5, 5.41) is 5.96. The van der Waals surface area contributed by atoms with Crippen molar-refractivity contribution < 1.29 is 14.3 Å². The van der Waals surface area contributed by atoms with Gasteiger partial charge in [-0.1, -0.05) is 57.4 Å². The molecule has 0 radical (unpaired) electrons. The molecule has 1 aliphatic rings. The third kappa shape index (κ3) is 5.85. The van der Waals surface area contributed by atoms with Gasteiger partial charge in [0, 0.05) is 6.04 Å². The molecule has 0 heterocycles. The summed E-state index contributed by atoms with van der Waals surface area (Å²) in [4.78, 5) is 25.5. The molecule has 1 atom stereocenters. The van der Waals surface area contributed by atoms with Crippen LogP contribution in [0.15, 0.2) is 48.5 Å². The number of para-hydroxylation sites is 1. The molecule has 0 aromatic heterocycles. The fourth-order valence-electron chi connectivity index (χ4n) is 3.72. The van der Waals surface area contributed by atoms with Crippen molar-refractivity contribution >= 4 is 17.5 Å². The van der Waals surface area contributed by atoms with Crippen molar-refractivity contribution in [3.63, 3.8) is 0 Å². The Bertz CT molecular complexity index is 855. The molecule has 1 unspecified atom stereocenters. The minimum Gasteiger partial charge on any atom is -0.481 e. The van der Waals surface area contributed by atoms with Gasteiger partial charge in [-0.2, -0.15) is 0 Å². The maximum atomic E-state index is 12.8. The highest BCUT2D eigenvalue weighted by atomic mass is 16.5. The molecule has 30 heavy (non-hydrogen) atoms. The van der Waals surface area contributed by atoms with Crippen LogP contribution in [0.5, 0.6) is 5.75 Å². The van der Waals surface area contributed by atoms with Gasteiger partial charge in [0.15, 0.2) is 6.10 Å². The van der Waals surface area contributed by atoms with Crippen LogP contribution in [0.3, 0.4) is 0 Å². The van der Waals surface area contributed by atoms with E-state index in [-0.39, 0.29) is 17.9 Å². The summed E-state index contributed by atoms with van der Waals surface area (Å²) in [6.45, 7) is 5.97. The van der Waals surface area contributed by atoms with Gasteiger partial charge in [-0.3, -0.25) is 9.59 Å². The Morgan fingerprint density at radius 3 is 2.27 bits per heavy atom. The summed E-state index contributed by atoms with van der Waals surface area (Å²) in [6.07, 6.45) is 4.87. The predicted octanol–water partition coefficient (Wildman–Crippen LogP) is 5.28. The van der Waals surface area contributed by atoms with Gasteiger partial charge in [-0.15, -0.1) is 0 Å². The number of hydrogen-bond donors (Lipinski definition) is 2. The number of ether oxygens (including phenoxy) is 1. The molecule has 0 saturated heterocycles. The Morgan fingerprint density at radius 2 is 1.60 bits per heavy atom. The lowest BCUT2D eigenvalue weighted by Gasteiger charge is -2.23. The number of nitrogens with one attached hydrogen (secondary N) is 2. The fraction of sp³-hybridized carbons (Fsp3) is 0.440. The highest BCUT2D eigenvalue weighted by Crippen LogP contribution is 2.22. The maximum Gasteiger partial charge on any atom is 0.265 e. The summed E-state index contributed by atoms with van der Waals surface area (Å²) in [6, 6.07) is 15.1. The van der Waals surface area contributed by atoms with Crippen LogP contribution in [0.1, 0.15) is 74.7 Å². The van der Waals surface area contributed by atoms with Crippen molar-refractivity contribution in [3.05, 3.63) is 59.7 Å². The molecule has 5 heteroatoms. The summed E-state index contributed by atoms with van der Waals surface area (Å²) >= 11 is 0. The number of carbonyl (C=O) groups excluding carboxylic acids is 2. The van der Waals surface area contributed by atoms with Crippen LogP contribution in [-0.4, -0.2) is 24.0 Å². The lowest BCUT2D eigenvalue weighted by Crippen LogP contribution is -2.37. The average Bonchev–Trinajstić information content (AvgIpc) is 2.75. The van der Waals surface area contributed by atoms with Crippen molar-refractivity contribution in [2.45, 2.75) is 70.9 Å². The molecule has 2 N–H and O–H groups in total. The Balaban J connectivity index is 1.62. The molecule has 2 amide bonds. The van der Waals surface area contributed by atoms with Gasteiger partial charge in [0.2, 0.25) is 0 Å². The molecule has 1 saturated carbocycles. The Morgan fingerprint density at radius 1 is 0.933 bits per heavy atom. The molecule has 0 aliphatic heterocycles. The lowest BCUT2D eigenvalue weighted by atomic mass is 9.95. The van der Waals surface area contributed by atoms with E-state index in [2.05, 4.69) is 24.5 Å². The highest BCUT2D eigenvalue weighted by Gasteiger charge is 2.21. The number of rotatable bonds is 7. The van der Waals surface area contributed by atoms with E-state index in [1.165, 1.54) is 12.0 Å². The van der Waals surface area contributed by atoms with Crippen LogP contribution in [0.25, 0.3) is 0 Å². The van der Waals surface area contributed by atoms with Crippen LogP contribution in [0.4, 0.5) is 5.69 Å². The maximum absolute atomic E-state index is 12.8. The highest BCUT2D eigenvalue weighted by molar-refractivity contribution is 6.04. The Kier molecular flexibility index (Phi) is 7.50. The lowest BCUT2D eigenvalue weighted by molar-refractivity contribution is -0.122. The molecule has 2 aromatic carbocycles. The first-order valence-corrected chi connectivity index (χ1v) is 10.9. The summed E-state index contributed by atoms with van der Waals surface area (Å²) in [7, 11) is 0. The molecular formula is C25H32N2O3. The topological polar surface area (TPSA) is 67.4 Å². The summed E-state index contributed by atoms with van der Waals surface area (Å²) in [5.41, 5.74) is 2.20. The van der Waals surface area contributed by atoms with Gasteiger partial charge >= 0.3 is 0 Å². The zero-order chi connectivity index (χ0) is 21.5. The third-order valence-electron chi connectivity index (χ3n) is 5.60. The average molecular weight is 409 g/mol. The monoisotopic (exact) mass is 408 g/mol. The largest absolute Gasteiger partial charge is 0.481 e. The van der Waals surface area contributed by atoms with E-state index in [0.717, 1.165) is 25.7 Å². The van der Waals surface area contributed by atoms with Crippen molar-refractivity contribution in [2.24, 2.45) is 0 Å². The minimum absolute atomic E-state index is 0.143. The molecule has 1 aliphatic carbocycles. The molecule has 0 spiro atoms. The van der Waals surface area contributed by atoms with Crippen molar-refractivity contribution in [1.82, 2.24) is 5.32 Å². The third-order valence-corrected chi connectivity index (χ3v) is 5.60. The normalized spacial score (nSPS) is 15.5. The summed E-state index contributed by atoms with van der Waals surface area (Å²) in [5.74, 6) is 0.651. The molecule has 0 bridgehead atoms. The number of carbonyl (C=O) groups is 2. The van der Waals surface area contributed by atoms with E-state index < -0.39 is 6.10 Å². The Labute approximate surface area is 179 Å². The van der Waals surface area contributed by atoms with Crippen LogP contribution >= 0.6 is 0 Å². The van der Waals surface area contributed by atoms with Crippen molar-refractivity contribution in [2.75, 3.05) is 5.32 Å². The van der Waals surface area contributed by atoms with E-state index in [1.54, 1.807) is 19.1 Å². The number of benzene rings is 2. The zero-order valence-corrected chi connectivity index (χ0v) is 18.1. The molecule has 5 nitrogen and oxygen atoms in total. The van der Waals surface area contributed by atoms with Crippen molar-refractivity contribution in [3.8, 4) is 5.75 Å². The molecule has 2 aromatic rings. The van der Waals surface area contributed by atoms with E-state index >= 15 is 0 Å². The quantitative estimate of drug-likeness (QED) is 0.655. The second-order valence-corrected chi connectivity index (χ2v) is 8.33. The minimum atomic E-state index is -0.690. The van der Waals surface area contributed by atoms with Gasteiger partial charge < -0.3 is 15.4 Å². The number of amides is 2. The second-order valence-electron chi connectivity index (χ2n) is 8.33. The van der Waals surface area contributed by atoms with Gasteiger partial charge in [-0.25, -0.2) is 0 Å². The first-order valence-electron chi connectivity index (χ1n) is 10.9. The second kappa shape index (κ2) is 10.3. The SMILES string of the molecule is CC(Oc1ccc(C(C)C)cc1)C(=O)Nc1ccccc1C(=O)NC1CCCCC1. The fourth-order valence-corrected chi connectivity index (χ4v) is 3.72. The van der Waals surface area contributed by atoms with E-state index in [9.17, 15) is 9.59 Å².